The number of esters is 4. The number of rotatable bonds is 28. The minimum absolute atomic E-state index is 0.00821. The normalized spacial score (nSPS) is 19.3. The van der Waals surface area contributed by atoms with Crippen LogP contribution in [-0.4, -0.2) is 231 Å². The van der Waals surface area contributed by atoms with Gasteiger partial charge in [-0.05, 0) is 123 Å². The van der Waals surface area contributed by atoms with Crippen LogP contribution in [0.15, 0.2) is 219 Å². The van der Waals surface area contributed by atoms with Crippen LogP contribution in [0.2, 0.25) is 0 Å². The number of hydrogen-bond acceptors (Lipinski definition) is 23. The van der Waals surface area contributed by atoms with Gasteiger partial charge in [-0.15, -0.1) is 13.2 Å². The Labute approximate surface area is 762 Å². The van der Waals surface area contributed by atoms with Gasteiger partial charge in [-0.3, -0.25) is 53.0 Å². The predicted octanol–water partition coefficient (Wildman–Crippen LogP) is 9.23. The Kier molecular flexibility index (Phi) is 44.9. The number of carbonyl (C=O) groups excluding carboxylic acids is 13. The van der Waals surface area contributed by atoms with Crippen LogP contribution in [0.5, 0.6) is 0 Å². The Bertz CT molecular complexity index is 4830. The van der Waals surface area contributed by atoms with Gasteiger partial charge in [0.2, 0.25) is 35.4 Å². The number of allylic oxidation sites excluding steroid dienone is 2. The van der Waals surface area contributed by atoms with Crippen molar-refractivity contribution in [1.82, 2.24) is 45.8 Å². The number of carbonyl (C=O) groups is 14. The highest BCUT2D eigenvalue weighted by Crippen LogP contribution is 2.27. The molecule has 9 atom stereocenters. The van der Waals surface area contributed by atoms with E-state index in [4.69, 9.17) is 43.2 Å². The van der Waals surface area contributed by atoms with Crippen molar-refractivity contribution in [3.63, 3.8) is 0 Å². The molecule has 0 unspecified atom stereocenters. The van der Waals surface area contributed by atoms with E-state index in [0.29, 0.717) is 90.5 Å². The first-order valence-electron chi connectivity index (χ1n) is 43.2. The lowest BCUT2D eigenvalue weighted by Crippen LogP contribution is -2.53. The lowest BCUT2D eigenvalue weighted by molar-refractivity contribution is -0.193. The van der Waals surface area contributed by atoms with Crippen LogP contribution in [0.25, 0.3) is 0 Å². The minimum atomic E-state index is -5.08. The van der Waals surface area contributed by atoms with E-state index >= 15 is 0 Å². The highest BCUT2D eigenvalue weighted by molar-refractivity contribution is 5.95. The van der Waals surface area contributed by atoms with Gasteiger partial charge in [-0.25, -0.2) is 24.0 Å². The van der Waals surface area contributed by atoms with Crippen molar-refractivity contribution in [3.8, 4) is 0 Å². The first kappa shape index (κ1) is 105. The molecular formula is C96H112F3N9O24. The lowest BCUT2D eigenvalue weighted by Gasteiger charge is -2.30. The molecular weight excluding hydrogens is 1720 g/mol. The maximum Gasteiger partial charge on any atom is 0.490 e. The molecule has 0 spiro atoms. The number of aliphatic carboxylic acids is 3. The number of hydrogen-bond donors (Lipinski definition) is 7. The third-order valence-corrected chi connectivity index (χ3v) is 21.7. The van der Waals surface area contributed by atoms with E-state index in [2.05, 4.69) is 34.4 Å². The molecule has 0 radical (unpaired) electrons. The molecule has 0 aliphatic carbocycles. The molecule has 706 valence electrons. The Morgan fingerprint density at radius 3 is 1.47 bits per heavy atom. The molecule has 33 nitrogen and oxygen atoms in total. The molecule has 7 amide bonds. The second kappa shape index (κ2) is 56.5. The molecule has 132 heavy (non-hydrogen) atoms. The van der Waals surface area contributed by atoms with Crippen LogP contribution in [0.1, 0.15) is 123 Å². The molecule has 5 aliphatic heterocycles. The quantitative estimate of drug-likeness (QED) is 0.0137. The van der Waals surface area contributed by atoms with Gasteiger partial charge in [0, 0.05) is 39.3 Å². The van der Waals surface area contributed by atoms with Gasteiger partial charge in [0.25, 0.3) is 0 Å². The number of likely N-dealkylation sites (tertiary alicyclic amines) is 1. The van der Waals surface area contributed by atoms with Crippen molar-refractivity contribution in [1.29, 1.82) is 0 Å². The summed E-state index contributed by atoms with van der Waals surface area (Å²) in [4.78, 5) is 202. The molecule has 5 heterocycles. The molecule has 5 aliphatic rings. The fraction of sp³-hybridized carbons (Fsp3) is 0.406. The Morgan fingerprint density at radius 2 is 0.985 bits per heavy atom. The van der Waals surface area contributed by atoms with Crippen molar-refractivity contribution in [3.05, 3.63) is 253 Å². The molecule has 4 saturated heterocycles. The summed E-state index contributed by atoms with van der Waals surface area (Å²) in [6, 6.07) is 50.1. The van der Waals surface area contributed by atoms with Crippen LogP contribution in [0.4, 0.5) is 18.0 Å². The summed E-state index contributed by atoms with van der Waals surface area (Å²) in [6.07, 6.45) is 6.39. The van der Waals surface area contributed by atoms with Crippen LogP contribution in [0, 0.1) is 17.8 Å². The van der Waals surface area contributed by atoms with Gasteiger partial charge in [0.05, 0.1) is 30.8 Å². The first-order chi connectivity index (χ1) is 63.5. The van der Waals surface area contributed by atoms with Gasteiger partial charge in [0.15, 0.2) is 0 Å². The van der Waals surface area contributed by atoms with E-state index in [0.717, 1.165) is 33.4 Å². The van der Waals surface area contributed by atoms with Crippen LogP contribution in [-0.2, 0) is 135 Å². The Hall–Kier alpha value is -14.0. The predicted molar refractivity (Wildman–Crippen MR) is 469 cm³/mol. The molecule has 0 saturated carbocycles. The zero-order valence-corrected chi connectivity index (χ0v) is 73.0. The summed E-state index contributed by atoms with van der Waals surface area (Å²) < 4.78 is 59.7. The van der Waals surface area contributed by atoms with Crippen molar-refractivity contribution < 1.29 is 129 Å². The highest BCUT2D eigenvalue weighted by Gasteiger charge is 2.43. The fourth-order valence-electron chi connectivity index (χ4n) is 14.9. The summed E-state index contributed by atoms with van der Waals surface area (Å²) in [5.41, 5.74) is 5.07. The van der Waals surface area contributed by atoms with E-state index in [1.165, 1.54) is 20.8 Å². The summed E-state index contributed by atoms with van der Waals surface area (Å²) in [5, 5.41) is 36.9. The maximum absolute atomic E-state index is 13.8. The summed E-state index contributed by atoms with van der Waals surface area (Å²) in [7, 11) is 0. The number of alkyl halides is 3. The SMILES string of the molecule is C=CC[C@H](C[C@H](NC(=O)[C@@H]1CCCN1C(=O)CN(CC=C)C(=O)OCc1ccccc1)C(=O)OCc1ccccc1)C(=O)OCc1ccccc1.O=C(O)C(F)(F)F.O=C(O)[C@H]1CCCCNCC(=O)N2CCC[C@H]2C(=O)N[C@H](C(=O)O)C1.O=C(OCc1ccccc1)[C@H]1CC=CCN(Cc2ccccc2)CC(=O)N2CCC[C@H]2C(=O)N[C@H](C(=O)OCc2ccccc2)C1.O=C=O. The van der Waals surface area contributed by atoms with Crippen LogP contribution >= 0.6 is 0 Å². The number of ether oxygens (including phenoxy) is 5. The zero-order valence-electron chi connectivity index (χ0n) is 73.0. The summed E-state index contributed by atoms with van der Waals surface area (Å²) in [6.45, 7) is 10.4. The molecule has 4 fully saturated rings. The van der Waals surface area contributed by atoms with E-state index < -0.39 is 132 Å². The van der Waals surface area contributed by atoms with Crippen LogP contribution in [0.3, 0.4) is 0 Å². The zero-order chi connectivity index (χ0) is 95.7. The average Bonchev–Trinajstić information content (AvgIpc) is 1.68. The number of carboxylic acid groups (broad SMARTS) is 3. The van der Waals surface area contributed by atoms with Crippen molar-refractivity contribution in [2.45, 2.75) is 172 Å². The van der Waals surface area contributed by atoms with E-state index in [-0.39, 0.29) is 116 Å². The molecule has 11 rings (SSSR count). The van der Waals surface area contributed by atoms with Gasteiger partial charge in [0.1, 0.15) is 75.8 Å². The fourth-order valence-corrected chi connectivity index (χ4v) is 14.9. The standard InChI is InChI=1S/C40H45N3O8.C37H41N3O6.C16H25N3O6.C2HF3O2.CO2/c1-3-15-33(38(46)49-27-30-16-8-5-9-17-30)25-34(39(47)50-28-31-18-10-6-11-19-31)41-37(45)35-22-14-24-43(35)36(44)26-42(23-4-2)40(48)51-29-32-20-12-7-13-21-32;41-34-25-39(24-28-13-4-1-5-14-28)21-11-10-19-31(36(43)45-26-29-15-6-2-7-16-29)23-32(38-35(42)33-20-12-22-40(33)34)37(44)46-27-30-17-8-3-9-18-30;20-13-9-17-6-2-1-4-10(15(22)23)8-11(16(24)25)18-14(21)12-5-3-7-19(12)13;3-2(4,5)1(6)7;2-1-3/h3-13,16-21,33-35H,1-2,14-15,22-29H2,(H,41,45);1-11,13-18,31-33H,12,19-27H2,(H,38,42);10-12,17H,1-9H2,(H,18,21)(H,22,23)(H,24,25);(H,6,7);/t33-,34+,35+;31-,32-,33-;10-,11-,12-;;/m100../s1. The number of halogens is 3. The van der Waals surface area contributed by atoms with E-state index in [1.807, 2.05) is 187 Å². The van der Waals surface area contributed by atoms with Crippen LogP contribution < -0.4 is 21.3 Å². The van der Waals surface area contributed by atoms with Gasteiger partial charge in [-0.2, -0.15) is 22.8 Å². The minimum Gasteiger partial charge on any atom is -0.481 e. The monoisotopic (exact) mass is 1830 g/mol. The molecule has 0 aromatic heterocycles. The lowest BCUT2D eigenvalue weighted by atomic mass is 9.94. The number of carboxylic acids is 3. The second-order valence-corrected chi connectivity index (χ2v) is 31.4. The number of amides is 7. The third-order valence-electron chi connectivity index (χ3n) is 21.7. The number of fused-ring (bicyclic) bond motifs is 2. The smallest absolute Gasteiger partial charge is 0.481 e. The molecule has 6 aromatic carbocycles. The van der Waals surface area contributed by atoms with E-state index in [1.54, 1.807) is 23.1 Å². The topological polar surface area (TPSA) is 444 Å². The summed E-state index contributed by atoms with van der Waals surface area (Å²) >= 11 is 0. The van der Waals surface area contributed by atoms with Gasteiger partial charge < -0.3 is 75.0 Å². The highest BCUT2D eigenvalue weighted by atomic mass is 19.4. The van der Waals surface area contributed by atoms with Crippen molar-refractivity contribution in [2.24, 2.45) is 17.8 Å². The summed E-state index contributed by atoms with van der Waals surface area (Å²) in [5.74, 6) is -12.1. The van der Waals surface area contributed by atoms with Crippen molar-refractivity contribution >= 4 is 89.5 Å². The second-order valence-electron chi connectivity index (χ2n) is 31.4. The molecule has 7 N–H and O–H groups in total. The van der Waals surface area contributed by atoms with Crippen molar-refractivity contribution in [2.75, 3.05) is 58.9 Å². The maximum atomic E-state index is 13.8. The largest absolute Gasteiger partial charge is 0.490 e. The number of nitrogens with zero attached hydrogens (tertiary/aromatic N) is 5. The Morgan fingerprint density at radius 1 is 0.530 bits per heavy atom. The van der Waals surface area contributed by atoms with E-state index in [9.17, 15) is 85.7 Å². The molecule has 6 aromatic rings. The Balaban J connectivity index is 0.000000268. The number of benzene rings is 6. The molecule has 0 bridgehead atoms. The number of nitrogens with one attached hydrogen (secondary N) is 4. The van der Waals surface area contributed by atoms with Gasteiger partial charge >= 0.3 is 60.2 Å². The van der Waals surface area contributed by atoms with Gasteiger partial charge in [-0.1, -0.05) is 213 Å². The molecule has 36 heteroatoms. The first-order valence-corrected chi connectivity index (χ1v) is 43.2. The third kappa shape index (κ3) is 36.5. The average molecular weight is 1830 g/mol.